The summed E-state index contributed by atoms with van der Waals surface area (Å²) in [6, 6.07) is 10.1. The zero-order chi connectivity index (χ0) is 18.1. The molecule has 0 fully saturated rings. The Morgan fingerprint density at radius 3 is 2.50 bits per heavy atom. The minimum absolute atomic E-state index is 0. The molecule has 2 rings (SSSR count). The predicted molar refractivity (Wildman–Crippen MR) is 110 cm³/mol. The molecule has 0 radical (unpaired) electrons. The lowest BCUT2D eigenvalue weighted by Crippen LogP contribution is -2.38. The van der Waals surface area contributed by atoms with Gasteiger partial charge in [-0.05, 0) is 18.9 Å². The first-order chi connectivity index (χ1) is 12.0. The van der Waals surface area contributed by atoms with E-state index in [9.17, 15) is 13.2 Å². The van der Waals surface area contributed by atoms with Gasteiger partial charge in [0, 0.05) is 31.4 Å². The van der Waals surface area contributed by atoms with Crippen LogP contribution in [-0.4, -0.2) is 30.6 Å². The number of hydrogen-bond acceptors (Lipinski definition) is 3. The summed E-state index contributed by atoms with van der Waals surface area (Å²) in [5.74, 6) is 0.658. The van der Waals surface area contributed by atoms with Crippen molar-refractivity contribution in [1.82, 2.24) is 15.6 Å². The topological polar surface area (TPSA) is 49.3 Å². The second-order valence-corrected chi connectivity index (χ2v) is 6.24. The maximum Gasteiger partial charge on any atom is 0.434 e. The molecule has 2 aromatic rings. The lowest BCUT2D eigenvalue weighted by Gasteiger charge is -2.11. The standard InChI is InChI=1S/C17H21F3N4S.HI/c1-2-21-16(22-10-8-13-6-4-3-5-7-13)23-11-9-15-24-14(12-25-15)17(18,19)20;/h3-7,12H,2,8-11H2,1H3,(H2,21,22,23);1H. The molecule has 9 heteroatoms. The van der Waals surface area contributed by atoms with Crippen LogP contribution in [0.3, 0.4) is 0 Å². The van der Waals surface area contributed by atoms with Crippen molar-refractivity contribution in [2.75, 3.05) is 19.6 Å². The second-order valence-electron chi connectivity index (χ2n) is 5.30. The molecule has 0 saturated carbocycles. The second kappa shape index (κ2) is 11.4. The van der Waals surface area contributed by atoms with Crippen molar-refractivity contribution in [3.63, 3.8) is 0 Å². The summed E-state index contributed by atoms with van der Waals surface area (Å²) in [5.41, 5.74) is 0.401. The monoisotopic (exact) mass is 498 g/mol. The van der Waals surface area contributed by atoms with Crippen LogP contribution in [0.4, 0.5) is 13.2 Å². The van der Waals surface area contributed by atoms with Gasteiger partial charge in [0.05, 0.1) is 5.01 Å². The Kier molecular flexibility index (Phi) is 9.92. The fourth-order valence-corrected chi connectivity index (χ4v) is 2.93. The first-order valence-electron chi connectivity index (χ1n) is 8.06. The largest absolute Gasteiger partial charge is 0.434 e. The van der Waals surface area contributed by atoms with E-state index in [1.807, 2.05) is 25.1 Å². The van der Waals surface area contributed by atoms with Crippen LogP contribution in [0.15, 0.2) is 40.7 Å². The quantitative estimate of drug-likeness (QED) is 0.343. The van der Waals surface area contributed by atoms with Crippen LogP contribution in [-0.2, 0) is 19.0 Å². The van der Waals surface area contributed by atoms with E-state index < -0.39 is 11.9 Å². The number of rotatable bonds is 7. The third kappa shape index (κ3) is 7.90. The van der Waals surface area contributed by atoms with Gasteiger partial charge in [-0.2, -0.15) is 13.2 Å². The summed E-state index contributed by atoms with van der Waals surface area (Å²) in [6.07, 6.45) is -3.13. The molecule has 0 saturated heterocycles. The highest BCUT2D eigenvalue weighted by Gasteiger charge is 2.33. The number of guanidine groups is 1. The number of nitrogens with one attached hydrogen (secondary N) is 2. The van der Waals surface area contributed by atoms with Crippen molar-refractivity contribution in [2.24, 2.45) is 4.99 Å². The first-order valence-corrected chi connectivity index (χ1v) is 8.94. The Balaban J connectivity index is 0.00000338. The van der Waals surface area contributed by atoms with Crippen LogP contribution in [0.25, 0.3) is 0 Å². The van der Waals surface area contributed by atoms with E-state index in [1.54, 1.807) is 0 Å². The van der Waals surface area contributed by atoms with Crippen molar-refractivity contribution in [2.45, 2.75) is 25.9 Å². The van der Waals surface area contributed by atoms with Crippen molar-refractivity contribution in [1.29, 1.82) is 0 Å². The number of aliphatic imine (C=N–C) groups is 1. The molecule has 0 spiro atoms. The molecule has 1 heterocycles. The number of thiazole rings is 1. The van der Waals surface area contributed by atoms with Gasteiger partial charge in [-0.1, -0.05) is 30.3 Å². The molecular formula is C17H22F3IN4S. The molecular weight excluding hydrogens is 476 g/mol. The van der Waals surface area contributed by atoms with Crippen molar-refractivity contribution < 1.29 is 13.2 Å². The summed E-state index contributed by atoms with van der Waals surface area (Å²) in [6.45, 7) is 3.79. The molecule has 2 N–H and O–H groups in total. The number of nitrogens with zero attached hydrogens (tertiary/aromatic N) is 2. The van der Waals surface area contributed by atoms with Crippen molar-refractivity contribution in [3.05, 3.63) is 52.0 Å². The van der Waals surface area contributed by atoms with Gasteiger partial charge in [0.25, 0.3) is 0 Å². The highest BCUT2D eigenvalue weighted by molar-refractivity contribution is 14.0. The van der Waals surface area contributed by atoms with Gasteiger partial charge in [0.15, 0.2) is 11.7 Å². The van der Waals surface area contributed by atoms with Gasteiger partial charge in [-0.3, -0.25) is 4.99 Å². The van der Waals surface area contributed by atoms with Gasteiger partial charge in [-0.15, -0.1) is 35.3 Å². The minimum Gasteiger partial charge on any atom is -0.357 e. The summed E-state index contributed by atoms with van der Waals surface area (Å²) in [5, 5.41) is 7.84. The number of hydrogen-bond donors (Lipinski definition) is 2. The Bertz CT molecular complexity index is 674. The lowest BCUT2D eigenvalue weighted by atomic mass is 10.1. The smallest absolute Gasteiger partial charge is 0.357 e. The van der Waals surface area contributed by atoms with E-state index in [4.69, 9.17) is 0 Å². The van der Waals surface area contributed by atoms with E-state index in [2.05, 4.69) is 32.7 Å². The van der Waals surface area contributed by atoms with Gasteiger partial charge in [-0.25, -0.2) is 4.98 Å². The zero-order valence-corrected chi connectivity index (χ0v) is 17.5. The Morgan fingerprint density at radius 1 is 1.15 bits per heavy atom. The summed E-state index contributed by atoms with van der Waals surface area (Å²) >= 11 is 1.02. The van der Waals surface area contributed by atoms with Gasteiger partial charge in [0.2, 0.25) is 0 Å². The number of alkyl halides is 3. The van der Waals surface area contributed by atoms with Crippen LogP contribution >= 0.6 is 35.3 Å². The van der Waals surface area contributed by atoms with Gasteiger partial charge in [0.1, 0.15) is 0 Å². The molecule has 0 aliphatic carbocycles. The average Bonchev–Trinajstić information content (AvgIpc) is 3.05. The van der Waals surface area contributed by atoms with Crippen molar-refractivity contribution in [3.8, 4) is 0 Å². The summed E-state index contributed by atoms with van der Waals surface area (Å²) in [7, 11) is 0. The highest BCUT2D eigenvalue weighted by Crippen LogP contribution is 2.30. The number of halogens is 4. The molecule has 144 valence electrons. The molecule has 0 aliphatic rings. The zero-order valence-electron chi connectivity index (χ0n) is 14.3. The molecule has 1 aromatic carbocycles. The molecule has 0 aliphatic heterocycles. The molecule has 0 unspecified atom stereocenters. The van der Waals surface area contributed by atoms with Crippen LogP contribution < -0.4 is 10.6 Å². The fraction of sp³-hybridized carbons (Fsp3) is 0.412. The van der Waals surface area contributed by atoms with E-state index in [1.165, 1.54) is 5.56 Å². The maximum absolute atomic E-state index is 12.5. The maximum atomic E-state index is 12.5. The van der Waals surface area contributed by atoms with Crippen LogP contribution in [0, 0.1) is 0 Å². The lowest BCUT2D eigenvalue weighted by molar-refractivity contribution is -0.140. The molecule has 4 nitrogen and oxygen atoms in total. The predicted octanol–water partition coefficient (Wildman–Crippen LogP) is 4.12. The first kappa shape index (κ1) is 22.7. The molecule has 0 atom stereocenters. The van der Waals surface area contributed by atoms with Crippen LogP contribution in [0.1, 0.15) is 23.2 Å². The molecule has 26 heavy (non-hydrogen) atoms. The van der Waals surface area contributed by atoms with Gasteiger partial charge >= 0.3 is 6.18 Å². The van der Waals surface area contributed by atoms with Crippen LogP contribution in [0.5, 0.6) is 0 Å². The normalized spacial score (nSPS) is 11.8. The highest BCUT2D eigenvalue weighted by atomic mass is 127. The number of benzene rings is 1. The Labute approximate surface area is 172 Å². The van der Waals surface area contributed by atoms with Crippen LogP contribution in [0.2, 0.25) is 0 Å². The molecule has 0 bridgehead atoms. The summed E-state index contributed by atoms with van der Waals surface area (Å²) in [4.78, 5) is 8.00. The van der Waals surface area contributed by atoms with E-state index in [0.717, 1.165) is 29.7 Å². The third-order valence-corrected chi connectivity index (χ3v) is 4.24. The summed E-state index contributed by atoms with van der Waals surface area (Å²) < 4.78 is 37.6. The fourth-order valence-electron chi connectivity index (χ4n) is 2.13. The average molecular weight is 498 g/mol. The van der Waals surface area contributed by atoms with Gasteiger partial charge < -0.3 is 10.6 Å². The molecule has 1 aromatic heterocycles. The minimum atomic E-state index is -4.38. The van der Waals surface area contributed by atoms with E-state index >= 15 is 0 Å². The van der Waals surface area contributed by atoms with Crippen molar-refractivity contribution >= 4 is 41.3 Å². The number of aromatic nitrogens is 1. The van der Waals surface area contributed by atoms with E-state index in [-0.39, 0.29) is 24.0 Å². The SMILES string of the molecule is CCNC(=NCCc1nc(C(F)(F)F)cs1)NCCc1ccccc1.I. The Morgan fingerprint density at radius 2 is 1.88 bits per heavy atom. The third-order valence-electron chi connectivity index (χ3n) is 3.33. The molecule has 0 amide bonds. The van der Waals surface area contributed by atoms with E-state index in [0.29, 0.717) is 30.5 Å². The Hall–Kier alpha value is -1.36.